The van der Waals surface area contributed by atoms with Gasteiger partial charge < -0.3 is 10.1 Å². The summed E-state index contributed by atoms with van der Waals surface area (Å²) >= 11 is 12.0. The van der Waals surface area contributed by atoms with Gasteiger partial charge in [-0.3, -0.25) is 9.59 Å². The lowest BCUT2D eigenvalue weighted by Gasteiger charge is -2.18. The van der Waals surface area contributed by atoms with Crippen molar-refractivity contribution in [1.29, 1.82) is 0 Å². The van der Waals surface area contributed by atoms with Crippen LogP contribution >= 0.6 is 23.2 Å². The summed E-state index contributed by atoms with van der Waals surface area (Å²) in [6, 6.07) is 20.4. The second-order valence-corrected chi connectivity index (χ2v) is 7.22. The normalized spacial score (nSPS) is 11.6. The van der Waals surface area contributed by atoms with E-state index in [9.17, 15) is 9.59 Å². The van der Waals surface area contributed by atoms with Crippen molar-refractivity contribution in [3.63, 3.8) is 0 Å². The lowest BCUT2D eigenvalue weighted by atomic mass is 10.0. The van der Waals surface area contributed by atoms with Crippen LogP contribution in [0.15, 0.2) is 72.8 Å². The van der Waals surface area contributed by atoms with Crippen molar-refractivity contribution in [3.05, 3.63) is 94.0 Å². The minimum absolute atomic E-state index is 0.227. The summed E-state index contributed by atoms with van der Waals surface area (Å²) in [6.45, 7) is 1.85. The van der Waals surface area contributed by atoms with Crippen molar-refractivity contribution in [3.8, 4) is 5.75 Å². The molecule has 0 aliphatic carbocycles. The van der Waals surface area contributed by atoms with E-state index in [0.717, 1.165) is 0 Å². The largest absolute Gasteiger partial charge is 0.481 e. The molecule has 6 heteroatoms. The smallest absolute Gasteiger partial charge is 0.265 e. The predicted octanol–water partition coefficient (Wildman–Crippen LogP) is 6.02. The van der Waals surface area contributed by atoms with Crippen molar-refractivity contribution in [2.24, 2.45) is 0 Å². The fourth-order valence-electron chi connectivity index (χ4n) is 2.77. The molecule has 3 rings (SSSR count). The van der Waals surface area contributed by atoms with Crippen molar-refractivity contribution < 1.29 is 14.3 Å². The highest BCUT2D eigenvalue weighted by atomic mass is 35.5. The van der Waals surface area contributed by atoms with Gasteiger partial charge >= 0.3 is 0 Å². The van der Waals surface area contributed by atoms with Crippen molar-refractivity contribution in [2.75, 3.05) is 5.32 Å². The van der Waals surface area contributed by atoms with Gasteiger partial charge in [0, 0.05) is 21.2 Å². The van der Waals surface area contributed by atoms with Crippen LogP contribution in [0.4, 0.5) is 5.69 Å². The third-order valence-electron chi connectivity index (χ3n) is 4.28. The van der Waals surface area contributed by atoms with Gasteiger partial charge in [0.25, 0.3) is 5.91 Å². The van der Waals surface area contributed by atoms with Crippen LogP contribution in [0.5, 0.6) is 5.75 Å². The average Bonchev–Trinajstić information content (AvgIpc) is 2.74. The molecule has 29 heavy (non-hydrogen) atoms. The molecular formula is C23H19Cl2NO3. The monoisotopic (exact) mass is 427 g/mol. The summed E-state index contributed by atoms with van der Waals surface area (Å²) in [6.07, 6.45) is -0.282. The predicted molar refractivity (Wildman–Crippen MR) is 116 cm³/mol. The second-order valence-electron chi connectivity index (χ2n) is 6.34. The van der Waals surface area contributed by atoms with E-state index in [1.54, 1.807) is 66.7 Å². The van der Waals surface area contributed by atoms with E-state index < -0.39 is 6.10 Å². The Labute approximate surface area is 179 Å². The number of benzene rings is 3. The van der Waals surface area contributed by atoms with Crippen molar-refractivity contribution in [1.82, 2.24) is 0 Å². The van der Waals surface area contributed by atoms with E-state index in [0.29, 0.717) is 39.0 Å². The van der Waals surface area contributed by atoms with Gasteiger partial charge in [0.2, 0.25) is 0 Å². The maximum Gasteiger partial charge on any atom is 0.265 e. The van der Waals surface area contributed by atoms with Crippen LogP contribution in [-0.2, 0) is 4.79 Å². The number of ether oxygens (including phenoxy) is 1. The van der Waals surface area contributed by atoms with E-state index in [2.05, 4.69) is 5.32 Å². The van der Waals surface area contributed by atoms with E-state index in [1.165, 1.54) is 0 Å². The Morgan fingerprint density at radius 1 is 0.931 bits per heavy atom. The Balaban J connectivity index is 1.82. The number of hydrogen-bond acceptors (Lipinski definition) is 3. The molecule has 1 atom stereocenters. The maximum atomic E-state index is 12.9. The maximum absolute atomic E-state index is 12.9. The topological polar surface area (TPSA) is 55.4 Å². The van der Waals surface area contributed by atoms with Gasteiger partial charge in [0.1, 0.15) is 5.75 Å². The van der Waals surface area contributed by atoms with E-state index in [-0.39, 0.29) is 11.7 Å². The van der Waals surface area contributed by atoms with Gasteiger partial charge in [-0.2, -0.15) is 0 Å². The van der Waals surface area contributed by atoms with Gasteiger partial charge in [-0.25, -0.2) is 0 Å². The van der Waals surface area contributed by atoms with Crippen LogP contribution in [0.1, 0.15) is 29.3 Å². The minimum atomic E-state index is -0.730. The fraction of sp³-hybridized carbons (Fsp3) is 0.130. The molecule has 0 aromatic heterocycles. The first kappa shape index (κ1) is 20.9. The van der Waals surface area contributed by atoms with Crippen LogP contribution in [0, 0.1) is 0 Å². The first-order valence-electron chi connectivity index (χ1n) is 9.10. The first-order chi connectivity index (χ1) is 14.0. The zero-order chi connectivity index (χ0) is 20.8. The number of hydrogen-bond donors (Lipinski definition) is 1. The summed E-state index contributed by atoms with van der Waals surface area (Å²) in [5.41, 5.74) is 1.21. The number of ketones is 1. The van der Waals surface area contributed by atoms with Gasteiger partial charge in [0.15, 0.2) is 11.9 Å². The number of nitrogens with one attached hydrogen (secondary N) is 1. The minimum Gasteiger partial charge on any atom is -0.481 e. The molecule has 0 aliphatic heterocycles. The molecular weight excluding hydrogens is 409 g/mol. The summed E-state index contributed by atoms with van der Waals surface area (Å²) < 4.78 is 5.78. The Hall–Kier alpha value is -2.82. The summed E-state index contributed by atoms with van der Waals surface area (Å²) in [5.74, 6) is -0.0463. The highest BCUT2D eigenvalue weighted by Crippen LogP contribution is 2.25. The number of halogens is 2. The first-order valence-corrected chi connectivity index (χ1v) is 9.86. The SMILES string of the molecule is CC[C@@H](Oc1ccc(Cl)cc1)C(=O)Nc1ccc(Cl)cc1C(=O)c1ccccc1. The van der Waals surface area contributed by atoms with E-state index in [1.807, 2.05) is 13.0 Å². The molecule has 0 saturated carbocycles. The van der Waals surface area contributed by atoms with Crippen LogP contribution in [0.2, 0.25) is 10.0 Å². The van der Waals surface area contributed by atoms with Crippen molar-refractivity contribution in [2.45, 2.75) is 19.4 Å². The number of rotatable bonds is 7. The van der Waals surface area contributed by atoms with Crippen LogP contribution in [0.25, 0.3) is 0 Å². The third-order valence-corrected chi connectivity index (χ3v) is 4.76. The molecule has 0 radical (unpaired) electrons. The highest BCUT2D eigenvalue weighted by Gasteiger charge is 2.22. The Morgan fingerprint density at radius 3 is 2.24 bits per heavy atom. The Kier molecular flexibility index (Phi) is 6.91. The lowest BCUT2D eigenvalue weighted by Crippen LogP contribution is -2.32. The van der Waals surface area contributed by atoms with Gasteiger partial charge in [0.05, 0.1) is 5.69 Å². The molecule has 3 aromatic carbocycles. The molecule has 1 amide bonds. The molecule has 0 spiro atoms. The molecule has 1 N–H and O–H groups in total. The molecule has 0 aliphatic rings. The lowest BCUT2D eigenvalue weighted by molar-refractivity contribution is -0.122. The van der Waals surface area contributed by atoms with Gasteiger partial charge in [-0.1, -0.05) is 60.5 Å². The second kappa shape index (κ2) is 9.59. The number of carbonyl (C=O) groups is 2. The number of carbonyl (C=O) groups excluding carboxylic acids is 2. The summed E-state index contributed by atoms with van der Waals surface area (Å²) in [7, 11) is 0. The van der Waals surface area contributed by atoms with Crippen molar-refractivity contribution >= 4 is 40.6 Å². The molecule has 4 nitrogen and oxygen atoms in total. The standard InChI is InChI=1S/C23H19Cl2NO3/c1-2-21(29-18-11-8-16(24)9-12-18)23(28)26-20-13-10-17(25)14-19(20)22(27)15-6-4-3-5-7-15/h3-14,21H,2H2,1H3,(H,26,28)/t21-/m1/s1. The summed E-state index contributed by atoms with van der Waals surface area (Å²) in [5, 5.41) is 3.79. The molecule has 148 valence electrons. The number of amides is 1. The Bertz CT molecular complexity index is 1000. The molecule has 0 saturated heterocycles. The van der Waals surface area contributed by atoms with Crippen LogP contribution in [0.3, 0.4) is 0 Å². The quantitative estimate of drug-likeness (QED) is 0.468. The fourth-order valence-corrected chi connectivity index (χ4v) is 3.07. The highest BCUT2D eigenvalue weighted by molar-refractivity contribution is 6.31. The average molecular weight is 428 g/mol. The van der Waals surface area contributed by atoms with E-state index >= 15 is 0 Å². The van der Waals surface area contributed by atoms with Gasteiger partial charge in [-0.15, -0.1) is 0 Å². The molecule has 3 aromatic rings. The zero-order valence-electron chi connectivity index (χ0n) is 15.7. The molecule has 0 fully saturated rings. The third kappa shape index (κ3) is 5.37. The van der Waals surface area contributed by atoms with E-state index in [4.69, 9.17) is 27.9 Å². The molecule has 0 unspecified atom stereocenters. The van der Waals surface area contributed by atoms with Crippen LogP contribution in [-0.4, -0.2) is 17.8 Å². The zero-order valence-corrected chi connectivity index (χ0v) is 17.2. The Morgan fingerprint density at radius 2 is 1.59 bits per heavy atom. The molecule has 0 heterocycles. The van der Waals surface area contributed by atoms with Crippen LogP contribution < -0.4 is 10.1 Å². The summed E-state index contributed by atoms with van der Waals surface area (Å²) in [4.78, 5) is 25.7. The number of anilines is 1. The van der Waals surface area contributed by atoms with Gasteiger partial charge in [-0.05, 0) is 48.9 Å². The molecule has 0 bridgehead atoms.